The molecule has 2 aliphatic heterocycles. The van der Waals surface area contributed by atoms with Gasteiger partial charge < -0.3 is 19.3 Å². The fourth-order valence-electron chi connectivity index (χ4n) is 13.1. The first-order valence-corrected chi connectivity index (χ1v) is 28.0. The molecular weight excluding hydrogens is 1000 g/mol. The molecule has 1 aliphatic carbocycles. The molecule has 10 aromatic carbocycles. The average Bonchev–Trinajstić information content (AvgIpc) is 1.58. The minimum Gasteiger partial charge on any atom is -0.457 e. The van der Waals surface area contributed by atoms with Crippen molar-refractivity contribution >= 4 is 44.6 Å². The van der Waals surface area contributed by atoms with Crippen molar-refractivity contribution in [2.75, 3.05) is 16.5 Å². The summed E-state index contributed by atoms with van der Waals surface area (Å²) < 4.78 is 75.2. The zero-order valence-electron chi connectivity index (χ0n) is 53.5. The fraction of sp³-hybridized carbons (Fsp3) is 0.145. The first kappa shape index (κ1) is 42.3. The fourth-order valence-corrected chi connectivity index (χ4v) is 13.1. The summed E-state index contributed by atoms with van der Waals surface area (Å²) >= 11 is 0. The summed E-state index contributed by atoms with van der Waals surface area (Å²) in [5, 5.41) is 0.825. The highest BCUT2D eigenvalue weighted by Crippen LogP contribution is 2.64. The van der Waals surface area contributed by atoms with Gasteiger partial charge in [-0.1, -0.05) is 193 Å². The van der Waals surface area contributed by atoms with Gasteiger partial charge in [-0.2, -0.15) is 0 Å². The van der Waals surface area contributed by atoms with Crippen LogP contribution in [-0.2, 0) is 16.2 Å². The number of benzene rings is 10. The Morgan fingerprint density at radius 2 is 1.15 bits per heavy atom. The maximum atomic E-state index is 9.10. The van der Waals surface area contributed by atoms with Gasteiger partial charge in [0, 0.05) is 61.2 Å². The highest BCUT2D eigenvalue weighted by Gasteiger charge is 2.52. The van der Waals surface area contributed by atoms with Gasteiger partial charge in [-0.15, -0.1) is 0 Å². The number of aryl methyl sites for hydroxylation is 1. The van der Waals surface area contributed by atoms with E-state index < -0.39 is 18.3 Å². The van der Waals surface area contributed by atoms with Gasteiger partial charge in [-0.05, 0) is 134 Å². The third-order valence-corrected chi connectivity index (χ3v) is 16.9. The summed E-state index contributed by atoms with van der Waals surface area (Å²) in [5.41, 5.74) is 17.7. The number of nitrogens with zero attached hydrogens (tertiary/aromatic N) is 4. The summed E-state index contributed by atoms with van der Waals surface area (Å²) in [4.78, 5) is 9.38. The molecule has 2 aromatic heterocycles. The Balaban J connectivity index is 0.897. The van der Waals surface area contributed by atoms with E-state index >= 15 is 0 Å². The van der Waals surface area contributed by atoms with Crippen molar-refractivity contribution in [2.45, 2.75) is 64.6 Å². The van der Waals surface area contributed by atoms with Crippen LogP contribution in [0, 0.1) is 6.85 Å². The van der Waals surface area contributed by atoms with E-state index in [1.807, 2.05) is 18.2 Å². The summed E-state index contributed by atoms with van der Waals surface area (Å²) in [6.45, 7) is 11.7. The predicted octanol–water partition coefficient (Wildman–Crippen LogP) is 19.9. The lowest BCUT2D eigenvalue weighted by Gasteiger charge is -2.39. The number of ether oxygens (including phenoxy) is 2. The number of anilines is 4. The SMILES string of the molecule is [2H]c1c([2H])c([2H])c2c(c1[2H])c1ccc(Oc3cccc(N4CN(c5c(-c6cc(C(C)(C)C)cc(C(C)(C)C)c6)cccc5-c5cccc6c5-c5ccccc5C65c6ccccc6Oc6ccccc65)c5ccccc54)c3)cc1n2-c1cc(C([2H])([2H])[2H])ccn1. The number of hydrogen-bond acceptors (Lipinski definition) is 5. The Labute approximate surface area is 490 Å². The Kier molecular flexibility index (Phi) is 9.51. The van der Waals surface area contributed by atoms with E-state index in [0.717, 1.165) is 67.6 Å². The molecule has 0 bridgehead atoms. The van der Waals surface area contributed by atoms with E-state index in [-0.39, 0.29) is 45.9 Å². The molecule has 0 N–H and O–H groups in total. The maximum Gasteiger partial charge on any atom is 0.137 e. The van der Waals surface area contributed by atoms with Gasteiger partial charge in [0.2, 0.25) is 0 Å². The third kappa shape index (κ3) is 7.65. The van der Waals surface area contributed by atoms with Gasteiger partial charge in [0.05, 0.1) is 39.0 Å². The first-order chi connectivity index (χ1) is 42.7. The largest absolute Gasteiger partial charge is 0.457 e. The van der Waals surface area contributed by atoms with Crippen molar-refractivity contribution in [3.63, 3.8) is 0 Å². The van der Waals surface area contributed by atoms with Crippen LogP contribution >= 0.6 is 0 Å². The molecule has 1 spiro atoms. The number of fused-ring (bicyclic) bond motifs is 13. The molecule has 0 unspecified atom stereocenters. The monoisotopic (exact) mass is 1070 g/mol. The molecule has 6 heteroatoms. The van der Waals surface area contributed by atoms with Gasteiger partial charge in [-0.25, -0.2) is 4.98 Å². The molecule has 3 aliphatic rings. The summed E-state index contributed by atoms with van der Waals surface area (Å²) in [6, 6.07) is 70.4. The van der Waals surface area contributed by atoms with Gasteiger partial charge in [-0.3, -0.25) is 4.57 Å². The van der Waals surface area contributed by atoms with Crippen molar-refractivity contribution < 1.29 is 19.1 Å². The lowest BCUT2D eigenvalue weighted by Crippen LogP contribution is -2.32. The summed E-state index contributed by atoms with van der Waals surface area (Å²) in [6.07, 6.45) is 1.41. The minimum absolute atomic E-state index is 0.0459. The molecule has 6 nitrogen and oxygen atoms in total. The third-order valence-electron chi connectivity index (χ3n) is 16.9. The molecule has 12 aromatic rings. The van der Waals surface area contributed by atoms with Crippen LogP contribution in [0.15, 0.2) is 237 Å². The molecule has 0 fully saturated rings. The lowest BCUT2D eigenvalue weighted by molar-refractivity contribution is 0.436. The smallest absolute Gasteiger partial charge is 0.137 e. The van der Waals surface area contributed by atoms with E-state index in [1.165, 1.54) is 51.7 Å². The Morgan fingerprint density at radius 1 is 0.524 bits per heavy atom. The zero-order valence-corrected chi connectivity index (χ0v) is 46.5. The van der Waals surface area contributed by atoms with Crippen molar-refractivity contribution in [3.05, 3.63) is 276 Å². The molecule has 82 heavy (non-hydrogen) atoms. The number of pyridine rings is 1. The van der Waals surface area contributed by atoms with Crippen LogP contribution in [0.5, 0.6) is 23.0 Å². The number of para-hydroxylation sites is 6. The predicted molar refractivity (Wildman–Crippen MR) is 338 cm³/mol. The van der Waals surface area contributed by atoms with Crippen LogP contribution in [-0.4, -0.2) is 16.2 Å². The highest BCUT2D eigenvalue weighted by atomic mass is 16.5. The van der Waals surface area contributed by atoms with Crippen molar-refractivity contribution in [3.8, 4) is 62.2 Å². The van der Waals surface area contributed by atoms with E-state index in [2.05, 4.69) is 214 Å². The lowest BCUT2D eigenvalue weighted by atomic mass is 9.66. The van der Waals surface area contributed by atoms with Crippen LogP contribution in [0.2, 0.25) is 0 Å². The quantitative estimate of drug-likeness (QED) is 0.159. The molecule has 398 valence electrons. The standard InChI is InChI=1S/C76H62N4O2/c1-48-39-40-77-71(41-48)80-65-32-13-9-23-56(65)57-38-37-54(46-68(57)80)81-53-22-18-21-52(45-53)78-47-79(67-34-15-14-33-66(67)78)73-55(49-42-50(74(2,3)4)44-51(43-49)75(5,6)7)25-19-27-59(73)58-26-20-31-64-72(58)60-24-8-10-28-61(60)76(64)62-29-11-16-35-69(62)82-70-36-17-12-30-63(70)76/h8-46H,47H2,1-7H3/i1D3,9D,13D,23D,32D. The molecule has 0 amide bonds. The number of rotatable bonds is 7. The van der Waals surface area contributed by atoms with E-state index in [4.69, 9.17) is 19.1 Å². The molecular formula is C76H62N4O2. The molecule has 0 radical (unpaired) electrons. The van der Waals surface area contributed by atoms with Gasteiger partial charge in [0.1, 0.15) is 35.5 Å². The topological polar surface area (TPSA) is 42.8 Å². The van der Waals surface area contributed by atoms with Crippen LogP contribution in [0.4, 0.5) is 22.7 Å². The minimum atomic E-state index is -2.45. The molecule has 0 saturated heterocycles. The van der Waals surface area contributed by atoms with Crippen LogP contribution in [0.3, 0.4) is 0 Å². The summed E-state index contributed by atoms with van der Waals surface area (Å²) in [5.74, 6) is 2.86. The van der Waals surface area contributed by atoms with E-state index in [0.29, 0.717) is 34.5 Å². The Morgan fingerprint density at radius 3 is 1.90 bits per heavy atom. The van der Waals surface area contributed by atoms with Crippen molar-refractivity contribution in [1.29, 1.82) is 0 Å². The van der Waals surface area contributed by atoms with Gasteiger partial charge in [0.25, 0.3) is 0 Å². The summed E-state index contributed by atoms with van der Waals surface area (Å²) in [7, 11) is 0. The number of aromatic nitrogens is 2. The van der Waals surface area contributed by atoms with Crippen molar-refractivity contribution in [1.82, 2.24) is 9.55 Å². The zero-order chi connectivity index (χ0) is 61.6. The molecule has 0 saturated carbocycles. The van der Waals surface area contributed by atoms with Crippen LogP contribution in [0.25, 0.3) is 61.0 Å². The second-order valence-corrected chi connectivity index (χ2v) is 23.8. The van der Waals surface area contributed by atoms with Crippen LogP contribution in [0.1, 0.15) is 90.1 Å². The normalized spacial score (nSPS) is 15.3. The van der Waals surface area contributed by atoms with E-state index in [1.54, 1.807) is 22.8 Å². The van der Waals surface area contributed by atoms with Crippen LogP contribution < -0.4 is 19.3 Å². The highest BCUT2D eigenvalue weighted by molar-refractivity contribution is 6.10. The Hall–Kier alpha value is -9.65. The Bertz CT molecular complexity index is 4860. The second kappa shape index (κ2) is 18.4. The molecule has 4 heterocycles. The molecule has 15 rings (SSSR count). The maximum absolute atomic E-state index is 9.10. The number of hydrogen-bond donors (Lipinski definition) is 0. The average molecular weight is 1070 g/mol. The van der Waals surface area contributed by atoms with Gasteiger partial charge in [0.15, 0.2) is 0 Å². The van der Waals surface area contributed by atoms with Gasteiger partial charge >= 0.3 is 0 Å². The second-order valence-electron chi connectivity index (χ2n) is 23.8. The first-order valence-electron chi connectivity index (χ1n) is 31.5. The molecule has 0 atom stereocenters. The van der Waals surface area contributed by atoms with Crippen molar-refractivity contribution in [2.24, 2.45) is 0 Å². The van der Waals surface area contributed by atoms with E-state index in [9.17, 15) is 0 Å².